The molecule has 3 heteroatoms. The molecule has 13 heavy (non-hydrogen) atoms. The van der Waals surface area contributed by atoms with E-state index in [2.05, 4.69) is 18.9 Å². The first kappa shape index (κ1) is 9.00. The van der Waals surface area contributed by atoms with Crippen LogP contribution in [0.2, 0.25) is 0 Å². The van der Waals surface area contributed by atoms with Crippen LogP contribution in [0.1, 0.15) is 26.2 Å². The van der Waals surface area contributed by atoms with Gasteiger partial charge < -0.3 is 9.64 Å². The van der Waals surface area contributed by atoms with Gasteiger partial charge in [-0.05, 0) is 39.8 Å². The van der Waals surface area contributed by atoms with Crippen molar-refractivity contribution in [3.63, 3.8) is 0 Å². The van der Waals surface area contributed by atoms with Gasteiger partial charge in [0.2, 0.25) is 0 Å². The van der Waals surface area contributed by atoms with Crippen LogP contribution in [0.25, 0.3) is 0 Å². The molecule has 0 N–H and O–H groups in total. The number of hydrogen-bond donors (Lipinski definition) is 0. The Hall–Kier alpha value is -0.570. The van der Waals surface area contributed by atoms with Crippen LogP contribution in [0.5, 0.6) is 0 Å². The van der Waals surface area contributed by atoms with Gasteiger partial charge in [0.05, 0.1) is 12.0 Å². The van der Waals surface area contributed by atoms with Gasteiger partial charge in [-0.3, -0.25) is 4.79 Å². The molecule has 1 spiro atoms. The zero-order chi connectivity index (χ0) is 9.47. The van der Waals surface area contributed by atoms with Crippen molar-refractivity contribution in [2.75, 3.05) is 20.2 Å². The number of nitrogens with zero attached hydrogens (tertiary/aromatic N) is 1. The average molecular weight is 183 g/mol. The number of ether oxygens (including phenoxy) is 1. The summed E-state index contributed by atoms with van der Waals surface area (Å²) in [6.07, 6.45) is 3.05. The molecule has 0 bridgehead atoms. The Morgan fingerprint density at radius 3 is 2.92 bits per heavy atom. The van der Waals surface area contributed by atoms with E-state index in [1.165, 1.54) is 0 Å². The minimum absolute atomic E-state index is 0.0338. The van der Waals surface area contributed by atoms with Gasteiger partial charge in [0.1, 0.15) is 0 Å². The summed E-state index contributed by atoms with van der Waals surface area (Å²) in [6.45, 7) is 3.87. The molecule has 2 rings (SSSR count). The Bertz CT molecular complexity index is 229. The van der Waals surface area contributed by atoms with Gasteiger partial charge in [-0.15, -0.1) is 0 Å². The minimum Gasteiger partial charge on any atom is -0.465 e. The summed E-state index contributed by atoms with van der Waals surface area (Å²) in [5.74, 6) is 0.0338. The van der Waals surface area contributed by atoms with E-state index >= 15 is 0 Å². The molecule has 0 radical (unpaired) electrons. The second-order valence-corrected chi connectivity index (χ2v) is 4.30. The first-order valence-corrected chi connectivity index (χ1v) is 5.04. The Kier molecular flexibility index (Phi) is 2.06. The molecule has 0 unspecified atom stereocenters. The van der Waals surface area contributed by atoms with E-state index < -0.39 is 0 Å². The highest BCUT2D eigenvalue weighted by Crippen LogP contribution is 2.42. The van der Waals surface area contributed by atoms with Crippen LogP contribution in [-0.2, 0) is 9.53 Å². The molecular weight excluding hydrogens is 166 g/mol. The summed E-state index contributed by atoms with van der Waals surface area (Å²) in [7, 11) is 2.09. The Morgan fingerprint density at radius 2 is 2.31 bits per heavy atom. The minimum atomic E-state index is -0.174. The lowest BCUT2D eigenvalue weighted by atomic mass is 9.73. The highest BCUT2D eigenvalue weighted by molar-refractivity contribution is 5.79. The number of carbonyl (C=O) groups excluding carboxylic acids is 1. The number of piperidine rings is 1. The fourth-order valence-corrected chi connectivity index (χ4v) is 2.65. The molecule has 2 atom stereocenters. The van der Waals surface area contributed by atoms with Gasteiger partial charge in [-0.1, -0.05) is 0 Å². The molecule has 2 saturated heterocycles. The maximum Gasteiger partial charge on any atom is 0.313 e. The van der Waals surface area contributed by atoms with Gasteiger partial charge >= 0.3 is 5.97 Å². The summed E-state index contributed by atoms with van der Waals surface area (Å²) in [5.41, 5.74) is -0.174. The number of hydrogen-bond acceptors (Lipinski definition) is 3. The van der Waals surface area contributed by atoms with Crippen LogP contribution in [0.3, 0.4) is 0 Å². The summed E-state index contributed by atoms with van der Waals surface area (Å²) < 4.78 is 5.10. The molecule has 0 amide bonds. The molecule has 2 fully saturated rings. The van der Waals surface area contributed by atoms with Crippen molar-refractivity contribution in [2.45, 2.75) is 32.2 Å². The Balaban J connectivity index is 2.24. The second kappa shape index (κ2) is 2.98. The molecule has 2 heterocycles. The van der Waals surface area contributed by atoms with Crippen LogP contribution in [0.4, 0.5) is 0 Å². The summed E-state index contributed by atoms with van der Waals surface area (Å²) in [5, 5.41) is 0. The molecule has 0 aromatic carbocycles. The van der Waals surface area contributed by atoms with Crippen molar-refractivity contribution in [1.82, 2.24) is 4.90 Å². The largest absolute Gasteiger partial charge is 0.465 e. The number of cyclic esters (lactones) is 1. The first-order valence-electron chi connectivity index (χ1n) is 5.04. The number of esters is 1. The fraction of sp³-hybridized carbons (Fsp3) is 0.900. The summed E-state index contributed by atoms with van der Waals surface area (Å²) in [6, 6.07) is 0.344. The van der Waals surface area contributed by atoms with Gasteiger partial charge in [0, 0.05) is 6.04 Å². The van der Waals surface area contributed by atoms with Gasteiger partial charge in [-0.2, -0.15) is 0 Å². The normalized spacial score (nSPS) is 41.1. The number of carbonyl (C=O) groups is 1. The maximum atomic E-state index is 11.7. The predicted molar refractivity (Wildman–Crippen MR) is 49.3 cm³/mol. The van der Waals surface area contributed by atoms with Crippen molar-refractivity contribution in [1.29, 1.82) is 0 Å². The summed E-state index contributed by atoms with van der Waals surface area (Å²) >= 11 is 0. The zero-order valence-electron chi connectivity index (χ0n) is 8.38. The molecule has 74 valence electrons. The zero-order valence-corrected chi connectivity index (χ0v) is 8.38. The van der Waals surface area contributed by atoms with Crippen LogP contribution < -0.4 is 0 Å². The van der Waals surface area contributed by atoms with Crippen LogP contribution in [0, 0.1) is 5.41 Å². The fourth-order valence-electron chi connectivity index (χ4n) is 2.65. The molecule has 2 aliphatic heterocycles. The molecule has 0 saturated carbocycles. The third kappa shape index (κ3) is 1.17. The van der Waals surface area contributed by atoms with Gasteiger partial charge in [0.25, 0.3) is 0 Å². The van der Waals surface area contributed by atoms with E-state index in [1.807, 2.05) is 0 Å². The number of rotatable bonds is 0. The van der Waals surface area contributed by atoms with E-state index in [0.29, 0.717) is 12.6 Å². The standard InChI is InChI=1S/C10H17NO2/c1-8-10(4-3-6-11(8)2)5-7-13-9(10)12/h8H,3-7H2,1-2H3/t8-,10+/m0/s1. The van der Waals surface area contributed by atoms with E-state index in [9.17, 15) is 4.79 Å². The van der Waals surface area contributed by atoms with Crippen molar-refractivity contribution in [2.24, 2.45) is 5.41 Å². The second-order valence-electron chi connectivity index (χ2n) is 4.30. The number of likely N-dealkylation sites (tertiary alicyclic amines) is 1. The third-order valence-corrected chi connectivity index (χ3v) is 3.78. The monoisotopic (exact) mass is 183 g/mol. The van der Waals surface area contributed by atoms with E-state index in [1.54, 1.807) is 0 Å². The molecule has 2 aliphatic rings. The molecular formula is C10H17NO2. The van der Waals surface area contributed by atoms with Gasteiger partial charge in [-0.25, -0.2) is 0 Å². The lowest BCUT2D eigenvalue weighted by Crippen LogP contribution is -2.51. The van der Waals surface area contributed by atoms with Crippen molar-refractivity contribution in [3.05, 3.63) is 0 Å². The van der Waals surface area contributed by atoms with E-state index in [0.717, 1.165) is 25.8 Å². The van der Waals surface area contributed by atoms with Crippen molar-refractivity contribution in [3.8, 4) is 0 Å². The summed E-state index contributed by atoms with van der Waals surface area (Å²) in [4.78, 5) is 13.9. The topological polar surface area (TPSA) is 29.5 Å². The predicted octanol–water partition coefficient (Wildman–Crippen LogP) is 1.03. The maximum absolute atomic E-state index is 11.7. The molecule has 0 aliphatic carbocycles. The molecule has 0 aromatic rings. The average Bonchev–Trinajstić information content (AvgIpc) is 2.45. The highest BCUT2D eigenvalue weighted by atomic mass is 16.5. The van der Waals surface area contributed by atoms with Gasteiger partial charge in [0.15, 0.2) is 0 Å². The van der Waals surface area contributed by atoms with Crippen molar-refractivity contribution < 1.29 is 9.53 Å². The van der Waals surface area contributed by atoms with Crippen LogP contribution in [0.15, 0.2) is 0 Å². The van der Waals surface area contributed by atoms with Crippen LogP contribution >= 0.6 is 0 Å². The highest BCUT2D eigenvalue weighted by Gasteiger charge is 2.51. The lowest BCUT2D eigenvalue weighted by molar-refractivity contribution is -0.151. The SMILES string of the molecule is C[C@@H]1N(C)CCC[C@@]12CCOC2=O. The molecule has 3 nitrogen and oxygen atoms in total. The first-order chi connectivity index (χ1) is 6.17. The van der Waals surface area contributed by atoms with E-state index in [4.69, 9.17) is 4.74 Å². The quantitative estimate of drug-likeness (QED) is 0.525. The lowest BCUT2D eigenvalue weighted by Gasteiger charge is -2.42. The Labute approximate surface area is 79.0 Å². The Morgan fingerprint density at radius 1 is 1.54 bits per heavy atom. The van der Waals surface area contributed by atoms with Crippen molar-refractivity contribution >= 4 is 5.97 Å². The van der Waals surface area contributed by atoms with E-state index in [-0.39, 0.29) is 11.4 Å². The smallest absolute Gasteiger partial charge is 0.313 e. The third-order valence-electron chi connectivity index (χ3n) is 3.78. The molecule has 0 aromatic heterocycles. The van der Waals surface area contributed by atoms with Crippen LogP contribution in [-0.4, -0.2) is 37.1 Å².